The first-order valence-electron chi connectivity index (χ1n) is 5.11. The summed E-state index contributed by atoms with van der Waals surface area (Å²) in [5.41, 5.74) is 1.29. The standard InChI is InChI=1S/C12H17NO2/c1-10(13-12(14)15-2)8-9-11-6-4-3-5-7-11/h3-7,10H,8-9H2,1-2H3,(H,13,14)/t10-/m1/s1. The van der Waals surface area contributed by atoms with Gasteiger partial charge in [0.25, 0.3) is 0 Å². The molecule has 0 heterocycles. The first kappa shape index (κ1) is 11.6. The number of alkyl carbamates (subject to hydrolysis) is 1. The van der Waals surface area contributed by atoms with Gasteiger partial charge in [0.15, 0.2) is 0 Å². The number of carbonyl (C=O) groups is 1. The lowest BCUT2D eigenvalue weighted by atomic mass is 10.1. The molecule has 1 aromatic carbocycles. The Morgan fingerprint density at radius 1 is 1.40 bits per heavy atom. The lowest BCUT2D eigenvalue weighted by Crippen LogP contribution is -2.32. The fourth-order valence-electron chi connectivity index (χ4n) is 1.36. The maximum Gasteiger partial charge on any atom is 0.407 e. The van der Waals surface area contributed by atoms with Crippen molar-refractivity contribution in [1.29, 1.82) is 0 Å². The van der Waals surface area contributed by atoms with Gasteiger partial charge in [-0.15, -0.1) is 0 Å². The molecule has 0 saturated carbocycles. The molecule has 1 N–H and O–H groups in total. The molecule has 1 amide bonds. The van der Waals surface area contributed by atoms with Gasteiger partial charge in [-0.3, -0.25) is 0 Å². The van der Waals surface area contributed by atoms with E-state index in [-0.39, 0.29) is 12.1 Å². The number of hydrogen-bond acceptors (Lipinski definition) is 2. The van der Waals surface area contributed by atoms with Gasteiger partial charge in [-0.1, -0.05) is 30.3 Å². The fraction of sp³-hybridized carbons (Fsp3) is 0.417. The zero-order chi connectivity index (χ0) is 11.1. The lowest BCUT2D eigenvalue weighted by Gasteiger charge is -2.12. The average Bonchev–Trinajstić information content (AvgIpc) is 2.27. The Labute approximate surface area is 90.4 Å². The van der Waals surface area contributed by atoms with E-state index in [2.05, 4.69) is 22.2 Å². The van der Waals surface area contributed by atoms with Gasteiger partial charge in [0.05, 0.1) is 7.11 Å². The van der Waals surface area contributed by atoms with Crippen molar-refractivity contribution < 1.29 is 9.53 Å². The second kappa shape index (κ2) is 6.06. The molecule has 0 fully saturated rings. The number of amides is 1. The molecule has 0 aliphatic heterocycles. The van der Waals surface area contributed by atoms with Crippen molar-refractivity contribution in [2.24, 2.45) is 0 Å². The normalized spacial score (nSPS) is 11.9. The first-order valence-corrected chi connectivity index (χ1v) is 5.11. The number of benzene rings is 1. The smallest absolute Gasteiger partial charge is 0.407 e. The Morgan fingerprint density at radius 2 is 2.07 bits per heavy atom. The number of rotatable bonds is 4. The summed E-state index contributed by atoms with van der Waals surface area (Å²) in [6, 6.07) is 10.4. The van der Waals surface area contributed by atoms with Crippen LogP contribution in [0.1, 0.15) is 18.9 Å². The molecule has 1 aromatic rings. The maximum atomic E-state index is 10.9. The van der Waals surface area contributed by atoms with Gasteiger partial charge < -0.3 is 10.1 Å². The number of carbonyl (C=O) groups excluding carboxylic acids is 1. The average molecular weight is 207 g/mol. The Hall–Kier alpha value is -1.51. The molecule has 0 spiro atoms. The van der Waals surface area contributed by atoms with Gasteiger partial charge in [-0.2, -0.15) is 0 Å². The molecule has 0 aliphatic carbocycles. The van der Waals surface area contributed by atoms with Gasteiger partial charge in [-0.05, 0) is 25.3 Å². The zero-order valence-electron chi connectivity index (χ0n) is 9.19. The highest BCUT2D eigenvalue weighted by Crippen LogP contribution is 2.04. The van der Waals surface area contributed by atoms with Crippen LogP contribution >= 0.6 is 0 Å². The van der Waals surface area contributed by atoms with Gasteiger partial charge in [-0.25, -0.2) is 4.79 Å². The van der Waals surface area contributed by atoms with E-state index in [1.807, 2.05) is 25.1 Å². The van der Waals surface area contributed by atoms with Crippen molar-refractivity contribution in [2.75, 3.05) is 7.11 Å². The van der Waals surface area contributed by atoms with E-state index in [0.29, 0.717) is 0 Å². The second-order valence-electron chi connectivity index (χ2n) is 3.56. The van der Waals surface area contributed by atoms with Crippen LogP contribution in [0.3, 0.4) is 0 Å². The molecular weight excluding hydrogens is 190 g/mol. The Morgan fingerprint density at radius 3 is 2.67 bits per heavy atom. The molecule has 3 nitrogen and oxygen atoms in total. The highest BCUT2D eigenvalue weighted by atomic mass is 16.5. The van der Waals surface area contributed by atoms with E-state index in [9.17, 15) is 4.79 Å². The monoisotopic (exact) mass is 207 g/mol. The third kappa shape index (κ3) is 4.49. The van der Waals surface area contributed by atoms with Crippen LogP contribution in [0.4, 0.5) is 4.79 Å². The molecule has 0 saturated heterocycles. The number of hydrogen-bond donors (Lipinski definition) is 1. The SMILES string of the molecule is COC(=O)N[C@H](C)CCc1ccccc1. The molecule has 0 aromatic heterocycles. The van der Waals surface area contributed by atoms with Crippen LogP contribution in [-0.2, 0) is 11.2 Å². The van der Waals surface area contributed by atoms with Crippen LogP contribution in [-0.4, -0.2) is 19.2 Å². The van der Waals surface area contributed by atoms with Crippen molar-refractivity contribution in [3.05, 3.63) is 35.9 Å². The zero-order valence-corrected chi connectivity index (χ0v) is 9.19. The minimum absolute atomic E-state index is 0.137. The van der Waals surface area contributed by atoms with E-state index in [4.69, 9.17) is 0 Å². The molecule has 0 radical (unpaired) electrons. The molecule has 0 aliphatic rings. The number of nitrogens with one attached hydrogen (secondary N) is 1. The first-order chi connectivity index (χ1) is 7.22. The Bertz CT molecular complexity index is 298. The van der Waals surface area contributed by atoms with Gasteiger partial charge in [0.1, 0.15) is 0 Å². The van der Waals surface area contributed by atoms with Crippen molar-refractivity contribution in [3.8, 4) is 0 Å². The summed E-state index contributed by atoms with van der Waals surface area (Å²) < 4.78 is 4.52. The van der Waals surface area contributed by atoms with Crippen LogP contribution in [0.5, 0.6) is 0 Å². The lowest BCUT2D eigenvalue weighted by molar-refractivity contribution is 0.167. The Kier molecular flexibility index (Phi) is 4.68. The highest BCUT2D eigenvalue weighted by Gasteiger charge is 2.06. The molecule has 0 unspecified atom stereocenters. The van der Waals surface area contributed by atoms with Gasteiger partial charge in [0, 0.05) is 6.04 Å². The van der Waals surface area contributed by atoms with Gasteiger partial charge in [0.2, 0.25) is 0 Å². The molecule has 82 valence electrons. The third-order valence-corrected chi connectivity index (χ3v) is 2.26. The number of methoxy groups -OCH3 is 1. The van der Waals surface area contributed by atoms with E-state index in [0.717, 1.165) is 12.8 Å². The van der Waals surface area contributed by atoms with Crippen molar-refractivity contribution in [1.82, 2.24) is 5.32 Å². The molecule has 1 rings (SSSR count). The number of aryl methyl sites for hydroxylation is 1. The van der Waals surface area contributed by atoms with Gasteiger partial charge >= 0.3 is 6.09 Å². The summed E-state index contributed by atoms with van der Waals surface area (Å²) in [4.78, 5) is 10.9. The minimum Gasteiger partial charge on any atom is -0.453 e. The minimum atomic E-state index is -0.365. The van der Waals surface area contributed by atoms with Crippen LogP contribution in [0.25, 0.3) is 0 Å². The third-order valence-electron chi connectivity index (χ3n) is 2.26. The predicted molar refractivity (Wildman–Crippen MR) is 59.8 cm³/mol. The van der Waals surface area contributed by atoms with Crippen LogP contribution in [0.15, 0.2) is 30.3 Å². The van der Waals surface area contributed by atoms with E-state index in [1.54, 1.807) is 0 Å². The highest BCUT2D eigenvalue weighted by molar-refractivity contribution is 5.67. The van der Waals surface area contributed by atoms with E-state index >= 15 is 0 Å². The van der Waals surface area contributed by atoms with E-state index < -0.39 is 0 Å². The summed E-state index contributed by atoms with van der Waals surface area (Å²) in [5.74, 6) is 0. The summed E-state index contributed by atoms with van der Waals surface area (Å²) in [5, 5.41) is 2.74. The largest absolute Gasteiger partial charge is 0.453 e. The molecule has 3 heteroatoms. The Balaban J connectivity index is 2.28. The molecule has 1 atom stereocenters. The van der Waals surface area contributed by atoms with Crippen molar-refractivity contribution >= 4 is 6.09 Å². The summed E-state index contributed by atoms with van der Waals surface area (Å²) in [6.07, 6.45) is 1.51. The summed E-state index contributed by atoms with van der Waals surface area (Å²) in [7, 11) is 1.37. The van der Waals surface area contributed by atoms with Crippen LogP contribution < -0.4 is 5.32 Å². The predicted octanol–water partition coefficient (Wildman–Crippen LogP) is 2.36. The summed E-state index contributed by atoms with van der Waals surface area (Å²) in [6.45, 7) is 1.97. The van der Waals surface area contributed by atoms with Crippen LogP contribution in [0.2, 0.25) is 0 Å². The molecular formula is C12H17NO2. The van der Waals surface area contributed by atoms with Crippen molar-refractivity contribution in [2.45, 2.75) is 25.8 Å². The second-order valence-corrected chi connectivity index (χ2v) is 3.56. The van der Waals surface area contributed by atoms with Crippen LogP contribution in [0, 0.1) is 0 Å². The summed E-state index contributed by atoms with van der Waals surface area (Å²) >= 11 is 0. The maximum absolute atomic E-state index is 10.9. The quantitative estimate of drug-likeness (QED) is 0.823. The molecule has 15 heavy (non-hydrogen) atoms. The topological polar surface area (TPSA) is 38.3 Å². The number of ether oxygens (including phenoxy) is 1. The van der Waals surface area contributed by atoms with E-state index in [1.165, 1.54) is 12.7 Å². The van der Waals surface area contributed by atoms with Crippen molar-refractivity contribution in [3.63, 3.8) is 0 Å². The fourth-order valence-corrected chi connectivity index (χ4v) is 1.36. The molecule has 0 bridgehead atoms.